The Balaban J connectivity index is 1.95. The van der Waals surface area contributed by atoms with Crippen LogP contribution in [0.3, 0.4) is 0 Å². The van der Waals surface area contributed by atoms with E-state index < -0.39 is 0 Å². The number of fused-ring (bicyclic) bond motifs is 1. The van der Waals surface area contributed by atoms with E-state index in [4.69, 9.17) is 9.72 Å². The zero-order chi connectivity index (χ0) is 12.8. The minimum atomic E-state index is -0.0582. The molecule has 1 atom stereocenters. The third-order valence-electron chi connectivity index (χ3n) is 4.23. The number of nitrogens with one attached hydrogen (secondary N) is 1. The van der Waals surface area contributed by atoms with E-state index in [2.05, 4.69) is 26.2 Å². The van der Waals surface area contributed by atoms with Gasteiger partial charge in [-0.1, -0.05) is 0 Å². The number of ether oxygens (including phenoxy) is 1. The lowest BCUT2D eigenvalue weighted by atomic mass is 9.82. The van der Waals surface area contributed by atoms with Gasteiger partial charge >= 0.3 is 0 Å². The van der Waals surface area contributed by atoms with Crippen molar-refractivity contribution < 1.29 is 4.74 Å². The summed E-state index contributed by atoms with van der Waals surface area (Å²) in [5.41, 5.74) is 1.32. The third-order valence-corrected chi connectivity index (χ3v) is 5.59. The van der Waals surface area contributed by atoms with Crippen LogP contribution in [0, 0.1) is 0 Å². The predicted octanol–water partition coefficient (Wildman–Crippen LogP) is 2.64. The Kier molecular flexibility index (Phi) is 3.00. The van der Waals surface area contributed by atoms with Crippen molar-refractivity contribution in [3.8, 4) is 0 Å². The minimum Gasteiger partial charge on any atom is -0.375 e. The predicted molar refractivity (Wildman–Crippen MR) is 74.1 cm³/mol. The maximum atomic E-state index is 5.86. The Morgan fingerprint density at radius 1 is 1.33 bits per heavy atom. The van der Waals surface area contributed by atoms with Crippen LogP contribution < -0.4 is 5.32 Å². The molecule has 0 spiro atoms. The number of rotatable bonds is 2. The van der Waals surface area contributed by atoms with Crippen LogP contribution in [0.25, 0.3) is 0 Å². The number of thiazole rings is 1. The molecule has 1 aromatic heterocycles. The van der Waals surface area contributed by atoms with Crippen LogP contribution in [0.1, 0.15) is 48.7 Å². The molecule has 1 aromatic rings. The monoisotopic (exact) mass is 266 g/mol. The van der Waals surface area contributed by atoms with Gasteiger partial charge in [0.15, 0.2) is 0 Å². The quantitative estimate of drug-likeness (QED) is 0.893. The van der Waals surface area contributed by atoms with Gasteiger partial charge in [0.25, 0.3) is 0 Å². The normalized spacial score (nSPS) is 30.4. The van der Waals surface area contributed by atoms with E-state index in [1.807, 2.05) is 11.3 Å². The minimum absolute atomic E-state index is 0.0246. The van der Waals surface area contributed by atoms with E-state index in [-0.39, 0.29) is 11.1 Å². The second-order valence-corrected chi connectivity index (χ2v) is 7.19. The van der Waals surface area contributed by atoms with Crippen molar-refractivity contribution in [3.05, 3.63) is 15.6 Å². The van der Waals surface area contributed by atoms with Gasteiger partial charge in [-0.25, -0.2) is 4.98 Å². The van der Waals surface area contributed by atoms with Crippen LogP contribution in [0.15, 0.2) is 0 Å². The van der Waals surface area contributed by atoms with Crippen molar-refractivity contribution in [3.63, 3.8) is 0 Å². The lowest BCUT2D eigenvalue weighted by molar-refractivity contribution is -0.0883. The topological polar surface area (TPSA) is 34.2 Å². The average molecular weight is 266 g/mol. The fourth-order valence-electron chi connectivity index (χ4n) is 3.27. The second-order valence-electron chi connectivity index (χ2n) is 6.11. The van der Waals surface area contributed by atoms with E-state index in [0.717, 1.165) is 19.4 Å². The van der Waals surface area contributed by atoms with Gasteiger partial charge in [-0.3, -0.25) is 0 Å². The SMILES string of the molecule is CNC1(c2nc3c(s2)CCC3)CCOC(C)(C)C1. The van der Waals surface area contributed by atoms with E-state index in [1.54, 1.807) is 0 Å². The zero-order valence-electron chi connectivity index (χ0n) is 11.5. The van der Waals surface area contributed by atoms with Crippen molar-refractivity contribution in [1.82, 2.24) is 10.3 Å². The van der Waals surface area contributed by atoms with Gasteiger partial charge in [0.05, 0.1) is 16.8 Å². The molecule has 1 saturated heterocycles. The molecule has 1 N–H and O–H groups in total. The Hall–Kier alpha value is -0.450. The number of aromatic nitrogens is 1. The van der Waals surface area contributed by atoms with Gasteiger partial charge in [-0.15, -0.1) is 11.3 Å². The molecule has 1 aliphatic heterocycles. The Labute approximate surface area is 113 Å². The van der Waals surface area contributed by atoms with Crippen molar-refractivity contribution in [2.75, 3.05) is 13.7 Å². The highest BCUT2D eigenvalue weighted by atomic mass is 32.1. The molecular weight excluding hydrogens is 244 g/mol. The first kappa shape index (κ1) is 12.6. The van der Waals surface area contributed by atoms with Gasteiger partial charge in [0, 0.05) is 17.9 Å². The molecule has 4 heteroatoms. The lowest BCUT2D eigenvalue weighted by Gasteiger charge is -2.43. The second kappa shape index (κ2) is 4.29. The van der Waals surface area contributed by atoms with Gasteiger partial charge in [-0.05, 0) is 46.6 Å². The molecule has 0 bridgehead atoms. The molecule has 1 unspecified atom stereocenters. The Morgan fingerprint density at radius 3 is 2.83 bits per heavy atom. The Bertz CT molecular complexity index is 433. The summed E-state index contributed by atoms with van der Waals surface area (Å²) in [4.78, 5) is 6.44. The molecule has 0 aromatic carbocycles. The van der Waals surface area contributed by atoms with E-state index in [1.165, 1.54) is 34.8 Å². The fourth-order valence-corrected chi connectivity index (χ4v) is 4.64. The maximum Gasteiger partial charge on any atom is 0.113 e. The first-order chi connectivity index (χ1) is 8.55. The number of hydrogen-bond donors (Lipinski definition) is 1. The van der Waals surface area contributed by atoms with Crippen LogP contribution in [0.5, 0.6) is 0 Å². The van der Waals surface area contributed by atoms with Gasteiger partial charge < -0.3 is 10.1 Å². The standard InChI is InChI=1S/C14H22N2OS/c1-13(2)9-14(15-3,7-8-17-13)12-16-10-5-4-6-11(10)18-12/h15H,4-9H2,1-3H3. The van der Waals surface area contributed by atoms with Crippen LogP contribution in [-0.2, 0) is 23.1 Å². The van der Waals surface area contributed by atoms with Gasteiger partial charge in [0.2, 0.25) is 0 Å². The van der Waals surface area contributed by atoms with Gasteiger partial charge in [0.1, 0.15) is 5.01 Å². The smallest absolute Gasteiger partial charge is 0.113 e. The molecule has 100 valence electrons. The summed E-state index contributed by atoms with van der Waals surface area (Å²) in [7, 11) is 2.06. The molecule has 18 heavy (non-hydrogen) atoms. The summed E-state index contributed by atoms with van der Waals surface area (Å²) in [6.07, 6.45) is 5.72. The van der Waals surface area contributed by atoms with Gasteiger partial charge in [-0.2, -0.15) is 0 Å². The maximum absolute atomic E-state index is 5.86. The number of aryl methyl sites for hydroxylation is 2. The molecule has 3 rings (SSSR count). The summed E-state index contributed by atoms with van der Waals surface area (Å²) in [5.74, 6) is 0. The Morgan fingerprint density at radius 2 is 2.17 bits per heavy atom. The highest BCUT2D eigenvalue weighted by Crippen LogP contribution is 2.42. The molecular formula is C14H22N2OS. The fraction of sp³-hybridized carbons (Fsp3) is 0.786. The lowest BCUT2D eigenvalue weighted by Crippen LogP contribution is -2.51. The molecule has 2 aliphatic rings. The molecule has 0 saturated carbocycles. The van der Waals surface area contributed by atoms with E-state index in [0.29, 0.717) is 0 Å². The van der Waals surface area contributed by atoms with Crippen molar-refractivity contribution in [2.24, 2.45) is 0 Å². The zero-order valence-corrected chi connectivity index (χ0v) is 12.3. The molecule has 0 amide bonds. The van der Waals surface area contributed by atoms with Crippen LogP contribution in [0.2, 0.25) is 0 Å². The van der Waals surface area contributed by atoms with Crippen LogP contribution >= 0.6 is 11.3 Å². The highest BCUT2D eigenvalue weighted by Gasteiger charge is 2.43. The summed E-state index contributed by atoms with van der Waals surface area (Å²) in [5, 5.41) is 4.83. The average Bonchev–Trinajstić information content (AvgIpc) is 2.87. The molecule has 1 fully saturated rings. The summed E-state index contributed by atoms with van der Waals surface area (Å²) in [6, 6.07) is 0. The third kappa shape index (κ3) is 2.00. The van der Waals surface area contributed by atoms with Crippen molar-refractivity contribution in [1.29, 1.82) is 0 Å². The number of hydrogen-bond acceptors (Lipinski definition) is 4. The molecule has 2 heterocycles. The molecule has 1 aliphatic carbocycles. The highest BCUT2D eigenvalue weighted by molar-refractivity contribution is 7.12. The summed E-state index contributed by atoms with van der Waals surface area (Å²) >= 11 is 1.92. The first-order valence-corrected chi connectivity index (χ1v) is 7.68. The molecule has 3 nitrogen and oxygen atoms in total. The van der Waals surface area contributed by atoms with Crippen molar-refractivity contribution >= 4 is 11.3 Å². The van der Waals surface area contributed by atoms with E-state index >= 15 is 0 Å². The largest absolute Gasteiger partial charge is 0.375 e. The summed E-state index contributed by atoms with van der Waals surface area (Å²) in [6.45, 7) is 5.18. The number of nitrogens with zero attached hydrogens (tertiary/aromatic N) is 1. The van der Waals surface area contributed by atoms with E-state index in [9.17, 15) is 0 Å². The first-order valence-electron chi connectivity index (χ1n) is 6.87. The van der Waals surface area contributed by atoms with Crippen LogP contribution in [-0.4, -0.2) is 24.2 Å². The van der Waals surface area contributed by atoms with Crippen LogP contribution in [0.4, 0.5) is 0 Å². The summed E-state index contributed by atoms with van der Waals surface area (Å²) < 4.78 is 5.86. The molecule has 0 radical (unpaired) electrons. The van der Waals surface area contributed by atoms with Crippen molar-refractivity contribution in [2.45, 2.75) is 57.1 Å².